The smallest absolute Gasteiger partial charge is 0.233 e. The lowest BCUT2D eigenvalue weighted by Crippen LogP contribution is -2.33. The quantitative estimate of drug-likeness (QED) is 0.648. The van der Waals surface area contributed by atoms with E-state index in [2.05, 4.69) is 34.6 Å². The molecule has 0 fully saturated rings. The molecule has 0 radical (unpaired) electrons. The van der Waals surface area contributed by atoms with Crippen LogP contribution in [-0.2, 0) is 4.79 Å². The van der Waals surface area contributed by atoms with Gasteiger partial charge in [-0.2, -0.15) is 0 Å². The molecule has 3 rings (SSSR count). The monoisotopic (exact) mass is 366 g/mol. The van der Waals surface area contributed by atoms with Gasteiger partial charge in [0.2, 0.25) is 5.91 Å². The normalized spacial score (nSPS) is 13.2. The van der Waals surface area contributed by atoms with E-state index in [1.807, 2.05) is 60.0 Å². The molecule has 6 heteroatoms. The van der Waals surface area contributed by atoms with Gasteiger partial charge in [-0.05, 0) is 30.5 Å². The van der Waals surface area contributed by atoms with Gasteiger partial charge in [-0.25, -0.2) is 0 Å². The number of hydrogen-bond donors (Lipinski definition) is 1. The molecule has 0 aliphatic carbocycles. The van der Waals surface area contributed by atoms with Gasteiger partial charge in [-0.3, -0.25) is 9.36 Å². The average Bonchev–Trinajstić information content (AvgIpc) is 3.15. The molecule has 1 N–H and O–H groups in total. The Morgan fingerprint density at radius 2 is 1.73 bits per heavy atom. The van der Waals surface area contributed by atoms with E-state index >= 15 is 0 Å². The number of nitrogens with one attached hydrogen (secondary N) is 1. The van der Waals surface area contributed by atoms with Crippen molar-refractivity contribution in [2.75, 3.05) is 6.54 Å². The molecular weight excluding hydrogens is 344 g/mol. The first kappa shape index (κ1) is 18.2. The minimum atomic E-state index is -0.260. The number of hydrogen-bond acceptors (Lipinski definition) is 4. The molecule has 3 aromatic rings. The van der Waals surface area contributed by atoms with Crippen molar-refractivity contribution >= 4 is 17.7 Å². The number of amides is 1. The van der Waals surface area contributed by atoms with Gasteiger partial charge in [-0.1, -0.05) is 67.2 Å². The van der Waals surface area contributed by atoms with Crippen LogP contribution in [0.15, 0.2) is 72.1 Å². The van der Waals surface area contributed by atoms with Gasteiger partial charge in [-0.15, -0.1) is 10.2 Å². The fourth-order valence-electron chi connectivity index (χ4n) is 2.58. The van der Waals surface area contributed by atoms with Crippen molar-refractivity contribution in [3.63, 3.8) is 0 Å². The maximum Gasteiger partial charge on any atom is 0.233 e. The van der Waals surface area contributed by atoms with Crippen LogP contribution in [0.5, 0.6) is 0 Å². The van der Waals surface area contributed by atoms with Crippen molar-refractivity contribution in [2.45, 2.75) is 30.2 Å². The third kappa shape index (κ3) is 4.52. The first-order chi connectivity index (χ1) is 12.6. The van der Waals surface area contributed by atoms with Crippen molar-refractivity contribution in [1.29, 1.82) is 0 Å². The van der Waals surface area contributed by atoms with Gasteiger partial charge in [0.1, 0.15) is 6.33 Å². The summed E-state index contributed by atoms with van der Waals surface area (Å²) in [7, 11) is 0. The molecule has 2 atom stereocenters. The number of para-hydroxylation sites is 1. The fraction of sp³-hybridized carbons (Fsp3) is 0.250. The third-order valence-corrected chi connectivity index (χ3v) is 5.21. The van der Waals surface area contributed by atoms with Gasteiger partial charge in [0.05, 0.1) is 5.25 Å². The minimum absolute atomic E-state index is 0.000364. The largest absolute Gasteiger partial charge is 0.355 e. The van der Waals surface area contributed by atoms with E-state index in [0.717, 1.165) is 5.69 Å². The molecule has 0 unspecified atom stereocenters. The summed E-state index contributed by atoms with van der Waals surface area (Å²) in [4.78, 5) is 12.5. The van der Waals surface area contributed by atoms with E-state index in [4.69, 9.17) is 0 Å². The van der Waals surface area contributed by atoms with E-state index in [1.54, 1.807) is 6.33 Å². The van der Waals surface area contributed by atoms with E-state index in [9.17, 15) is 4.79 Å². The predicted octanol–water partition coefficient (Wildman–Crippen LogP) is 3.67. The Balaban J connectivity index is 1.58. The van der Waals surface area contributed by atoms with Gasteiger partial charge in [0, 0.05) is 12.2 Å². The molecule has 0 saturated carbocycles. The lowest BCUT2D eigenvalue weighted by Gasteiger charge is -2.16. The summed E-state index contributed by atoms with van der Waals surface area (Å²) in [5.41, 5.74) is 2.20. The van der Waals surface area contributed by atoms with Crippen LogP contribution in [0.25, 0.3) is 5.69 Å². The lowest BCUT2D eigenvalue weighted by atomic mass is 10.0. The van der Waals surface area contributed by atoms with Crippen molar-refractivity contribution in [3.8, 4) is 5.69 Å². The van der Waals surface area contributed by atoms with Crippen LogP contribution in [0.4, 0.5) is 0 Å². The Kier molecular flexibility index (Phi) is 6.07. The fourth-order valence-corrected chi connectivity index (χ4v) is 3.45. The second-order valence-corrected chi connectivity index (χ2v) is 7.44. The number of nitrogens with zero attached hydrogens (tertiary/aromatic N) is 3. The highest BCUT2D eigenvalue weighted by Crippen LogP contribution is 2.24. The predicted molar refractivity (Wildman–Crippen MR) is 105 cm³/mol. The maximum atomic E-state index is 12.5. The van der Waals surface area contributed by atoms with Gasteiger partial charge >= 0.3 is 0 Å². The Morgan fingerprint density at radius 1 is 1.08 bits per heavy atom. The van der Waals surface area contributed by atoms with Crippen LogP contribution in [0, 0.1) is 0 Å². The van der Waals surface area contributed by atoms with Crippen LogP contribution in [0.2, 0.25) is 0 Å². The zero-order valence-electron chi connectivity index (χ0n) is 14.9. The van der Waals surface area contributed by atoms with Crippen LogP contribution >= 0.6 is 11.8 Å². The lowest BCUT2D eigenvalue weighted by molar-refractivity contribution is -0.120. The molecule has 0 bridgehead atoms. The van der Waals surface area contributed by atoms with Crippen molar-refractivity contribution in [2.24, 2.45) is 0 Å². The number of aromatic nitrogens is 3. The average molecular weight is 366 g/mol. The molecule has 0 aliphatic rings. The summed E-state index contributed by atoms with van der Waals surface area (Å²) in [5, 5.41) is 11.6. The van der Waals surface area contributed by atoms with Crippen LogP contribution < -0.4 is 5.32 Å². The van der Waals surface area contributed by atoms with E-state index in [-0.39, 0.29) is 17.1 Å². The second-order valence-electron chi connectivity index (χ2n) is 6.14. The number of carbonyl (C=O) groups excluding carboxylic acids is 1. The highest BCUT2D eigenvalue weighted by molar-refractivity contribution is 8.00. The number of rotatable bonds is 7. The Hall–Kier alpha value is -2.60. The third-order valence-electron chi connectivity index (χ3n) is 4.15. The zero-order valence-corrected chi connectivity index (χ0v) is 15.7. The van der Waals surface area contributed by atoms with Crippen LogP contribution in [-0.4, -0.2) is 32.5 Å². The molecule has 2 aromatic carbocycles. The topological polar surface area (TPSA) is 59.8 Å². The molecule has 1 aromatic heterocycles. The van der Waals surface area contributed by atoms with Crippen molar-refractivity contribution in [3.05, 3.63) is 72.6 Å². The van der Waals surface area contributed by atoms with Crippen molar-refractivity contribution < 1.29 is 4.79 Å². The minimum Gasteiger partial charge on any atom is -0.355 e. The van der Waals surface area contributed by atoms with E-state index < -0.39 is 0 Å². The molecule has 134 valence electrons. The summed E-state index contributed by atoms with van der Waals surface area (Å²) in [5.74, 6) is 0.269. The highest BCUT2D eigenvalue weighted by atomic mass is 32.2. The van der Waals surface area contributed by atoms with E-state index in [1.165, 1.54) is 17.3 Å². The summed E-state index contributed by atoms with van der Waals surface area (Å²) < 4.78 is 1.89. The first-order valence-electron chi connectivity index (χ1n) is 8.60. The van der Waals surface area contributed by atoms with Gasteiger partial charge in [0.15, 0.2) is 5.16 Å². The number of benzene rings is 2. The Bertz CT molecular complexity index is 835. The van der Waals surface area contributed by atoms with Gasteiger partial charge < -0.3 is 5.32 Å². The molecule has 0 spiro atoms. The summed E-state index contributed by atoms with van der Waals surface area (Å²) >= 11 is 1.40. The molecule has 1 amide bonds. The zero-order chi connectivity index (χ0) is 18.4. The van der Waals surface area contributed by atoms with Gasteiger partial charge in [0.25, 0.3) is 0 Å². The summed E-state index contributed by atoms with van der Waals surface area (Å²) in [6.45, 7) is 4.61. The molecule has 0 aliphatic heterocycles. The standard InChI is InChI=1S/C20H22N4OS/c1-15(17-9-5-3-6-10-17)13-21-19(25)16(2)26-20-23-22-14-24(20)18-11-7-4-8-12-18/h3-12,14-16H,13H2,1-2H3,(H,21,25)/t15-,16+/m0/s1. The van der Waals surface area contributed by atoms with Crippen molar-refractivity contribution in [1.82, 2.24) is 20.1 Å². The van der Waals surface area contributed by atoms with Crippen LogP contribution in [0.1, 0.15) is 25.3 Å². The SMILES string of the molecule is C[C@@H](Sc1nncn1-c1ccccc1)C(=O)NC[C@H](C)c1ccccc1. The first-order valence-corrected chi connectivity index (χ1v) is 9.48. The Morgan fingerprint density at radius 3 is 2.42 bits per heavy atom. The molecule has 0 saturated heterocycles. The Labute approximate surface area is 157 Å². The molecule has 5 nitrogen and oxygen atoms in total. The summed E-state index contributed by atoms with van der Waals surface area (Å²) in [6, 6.07) is 20.1. The second kappa shape index (κ2) is 8.67. The number of carbonyl (C=O) groups is 1. The molecule has 1 heterocycles. The summed E-state index contributed by atoms with van der Waals surface area (Å²) in [6.07, 6.45) is 1.67. The molecule has 26 heavy (non-hydrogen) atoms. The highest BCUT2D eigenvalue weighted by Gasteiger charge is 2.19. The molecular formula is C20H22N4OS. The van der Waals surface area contributed by atoms with E-state index in [0.29, 0.717) is 11.7 Å². The maximum absolute atomic E-state index is 12.5. The number of thioether (sulfide) groups is 1. The van der Waals surface area contributed by atoms with Crippen LogP contribution in [0.3, 0.4) is 0 Å².